The lowest BCUT2D eigenvalue weighted by atomic mass is 10.3. The van der Waals surface area contributed by atoms with Crippen molar-refractivity contribution in [3.63, 3.8) is 0 Å². The van der Waals surface area contributed by atoms with Crippen LogP contribution in [0.15, 0.2) is 24.3 Å². The molecule has 0 aliphatic rings. The fourth-order valence-electron chi connectivity index (χ4n) is 0.441. The van der Waals surface area contributed by atoms with Crippen molar-refractivity contribution in [2.75, 3.05) is 0 Å². The molecular weight excluding hydrogens is 190 g/mol. The molecule has 72 valence electrons. The van der Waals surface area contributed by atoms with E-state index in [0.717, 1.165) is 0 Å². The van der Waals surface area contributed by atoms with Gasteiger partial charge in [-0.05, 0) is 24.3 Å². The lowest BCUT2D eigenvalue weighted by molar-refractivity contribution is -0.117. The second-order valence-corrected chi connectivity index (χ2v) is 2.73. The first-order valence-corrected chi connectivity index (χ1v) is 4.17. The van der Waals surface area contributed by atoms with Gasteiger partial charge in [0.1, 0.15) is 5.75 Å². The molecule has 3 N–H and O–H groups in total. The van der Waals surface area contributed by atoms with E-state index in [0.29, 0.717) is 11.4 Å². The topological polar surface area (TPSA) is 63.3 Å². The highest BCUT2D eigenvalue weighted by atomic mass is 35.5. The molecule has 0 atom stereocenters. The number of rotatable bonds is 1. The zero-order valence-electron chi connectivity index (χ0n) is 7.33. The number of hydrogen-bond donors (Lipinski definition) is 2. The van der Waals surface area contributed by atoms with Gasteiger partial charge in [-0.15, -0.1) is 0 Å². The monoisotopic (exact) mass is 201 g/mol. The molecule has 0 saturated carbocycles. The molecule has 0 fully saturated rings. The molecule has 1 amide bonds. The van der Waals surface area contributed by atoms with Crippen molar-refractivity contribution in [1.29, 1.82) is 0 Å². The summed E-state index contributed by atoms with van der Waals surface area (Å²) >= 11 is 5.50. The molecule has 1 aromatic rings. The Kier molecular flexibility index (Phi) is 5.72. The number of phenolic OH excluding ortho intramolecular Hbond substituents is 1. The number of aromatic hydroxyl groups is 1. The predicted octanol–water partition coefficient (Wildman–Crippen LogP) is 1.93. The largest absolute Gasteiger partial charge is 0.508 e. The number of benzene rings is 1. The van der Waals surface area contributed by atoms with Crippen molar-refractivity contribution >= 4 is 17.5 Å². The molecule has 0 heterocycles. The van der Waals surface area contributed by atoms with Gasteiger partial charge in [-0.3, -0.25) is 4.79 Å². The maximum Gasteiger partial charge on any atom is 0.217 e. The van der Waals surface area contributed by atoms with E-state index in [-0.39, 0.29) is 11.7 Å². The lowest BCUT2D eigenvalue weighted by Crippen LogP contribution is -2.06. The summed E-state index contributed by atoms with van der Waals surface area (Å²) in [4.78, 5) is 9.59. The van der Waals surface area contributed by atoms with Crippen LogP contribution in [0.5, 0.6) is 5.75 Å². The summed E-state index contributed by atoms with van der Waals surface area (Å²) in [5.41, 5.74) is 4.65. The van der Waals surface area contributed by atoms with Crippen LogP contribution in [0.3, 0.4) is 0 Å². The van der Waals surface area contributed by atoms with Crippen molar-refractivity contribution in [2.45, 2.75) is 13.3 Å². The van der Waals surface area contributed by atoms with E-state index in [1.165, 1.54) is 0 Å². The fraction of sp³-hybridized carbons (Fsp3) is 0.222. The molecule has 0 unspecified atom stereocenters. The van der Waals surface area contributed by atoms with Crippen LogP contribution in [0.1, 0.15) is 13.3 Å². The number of hydrogen-bond acceptors (Lipinski definition) is 2. The first kappa shape index (κ1) is 11.8. The molecule has 1 aromatic carbocycles. The minimum atomic E-state index is -0.245. The van der Waals surface area contributed by atoms with E-state index in [1.54, 1.807) is 31.2 Å². The van der Waals surface area contributed by atoms with Crippen LogP contribution in [0, 0.1) is 0 Å². The number of phenols is 1. The van der Waals surface area contributed by atoms with Gasteiger partial charge in [-0.1, -0.05) is 18.5 Å². The van der Waals surface area contributed by atoms with Crippen LogP contribution in [0.25, 0.3) is 0 Å². The molecule has 0 aromatic heterocycles. The van der Waals surface area contributed by atoms with Gasteiger partial charge in [-0.2, -0.15) is 0 Å². The number of carbonyl (C=O) groups excluding carboxylic acids is 1. The second kappa shape index (κ2) is 6.31. The second-order valence-electron chi connectivity index (χ2n) is 2.30. The Bertz CT molecular complexity index is 238. The highest BCUT2D eigenvalue weighted by molar-refractivity contribution is 6.30. The summed E-state index contributed by atoms with van der Waals surface area (Å²) in [6.07, 6.45) is 0.444. The van der Waals surface area contributed by atoms with Gasteiger partial charge < -0.3 is 10.8 Å². The van der Waals surface area contributed by atoms with E-state index in [4.69, 9.17) is 16.7 Å². The lowest BCUT2D eigenvalue weighted by Gasteiger charge is -1.87. The Morgan fingerprint density at radius 1 is 1.46 bits per heavy atom. The van der Waals surface area contributed by atoms with Crippen LogP contribution in [0.4, 0.5) is 0 Å². The van der Waals surface area contributed by atoms with Crippen molar-refractivity contribution < 1.29 is 9.90 Å². The number of carbonyl (C=O) groups is 1. The Morgan fingerprint density at radius 3 is 2.08 bits per heavy atom. The Labute approximate surface area is 82.1 Å². The van der Waals surface area contributed by atoms with Crippen molar-refractivity contribution in [3.8, 4) is 5.75 Å². The Balaban J connectivity index is 0.000000252. The fourth-order valence-corrected chi connectivity index (χ4v) is 0.567. The maximum atomic E-state index is 9.59. The molecular formula is C9H12ClNO2. The summed E-state index contributed by atoms with van der Waals surface area (Å²) in [5, 5.41) is 9.34. The molecule has 0 saturated heterocycles. The molecule has 0 aliphatic heterocycles. The Morgan fingerprint density at radius 2 is 1.85 bits per heavy atom. The third-order valence-electron chi connectivity index (χ3n) is 1.18. The zero-order valence-corrected chi connectivity index (χ0v) is 8.08. The molecule has 0 radical (unpaired) electrons. The van der Waals surface area contributed by atoms with Gasteiger partial charge in [0, 0.05) is 11.4 Å². The van der Waals surface area contributed by atoms with Crippen LogP contribution < -0.4 is 5.73 Å². The average molecular weight is 202 g/mol. The van der Waals surface area contributed by atoms with Gasteiger partial charge in [0.25, 0.3) is 0 Å². The van der Waals surface area contributed by atoms with Crippen LogP contribution in [0.2, 0.25) is 5.02 Å². The molecule has 0 aliphatic carbocycles. The minimum absolute atomic E-state index is 0.245. The number of primary amides is 1. The summed E-state index contributed by atoms with van der Waals surface area (Å²) < 4.78 is 0. The van der Waals surface area contributed by atoms with Crippen LogP contribution in [-0.2, 0) is 4.79 Å². The van der Waals surface area contributed by atoms with Gasteiger partial charge in [-0.25, -0.2) is 0 Å². The van der Waals surface area contributed by atoms with Gasteiger partial charge in [0.05, 0.1) is 0 Å². The molecule has 1 rings (SSSR count). The third kappa shape index (κ3) is 7.15. The Hall–Kier alpha value is -1.22. The number of amides is 1. The molecule has 0 bridgehead atoms. The standard InChI is InChI=1S/C6H5ClO.C3H7NO/c7-5-1-3-6(8)4-2-5;1-2-3(4)5/h1-4,8H;2H2,1H3,(H2,4,5). The van der Waals surface area contributed by atoms with Crippen LogP contribution in [-0.4, -0.2) is 11.0 Å². The first-order valence-electron chi connectivity index (χ1n) is 3.79. The SMILES string of the molecule is CCC(N)=O.Oc1ccc(Cl)cc1. The smallest absolute Gasteiger partial charge is 0.217 e. The first-order chi connectivity index (χ1) is 6.06. The van der Waals surface area contributed by atoms with Crippen molar-refractivity contribution in [2.24, 2.45) is 5.73 Å². The van der Waals surface area contributed by atoms with E-state index in [9.17, 15) is 4.79 Å². The van der Waals surface area contributed by atoms with E-state index in [2.05, 4.69) is 5.73 Å². The summed E-state index contributed by atoms with van der Waals surface area (Å²) in [6, 6.07) is 6.36. The predicted molar refractivity (Wildman–Crippen MR) is 52.6 cm³/mol. The average Bonchev–Trinajstić information content (AvgIpc) is 2.11. The maximum absolute atomic E-state index is 9.59. The normalized spacial score (nSPS) is 8.46. The van der Waals surface area contributed by atoms with Crippen molar-refractivity contribution in [1.82, 2.24) is 0 Å². The summed E-state index contributed by atoms with van der Waals surface area (Å²) in [6.45, 7) is 1.72. The van der Waals surface area contributed by atoms with Gasteiger partial charge >= 0.3 is 0 Å². The molecule has 3 nitrogen and oxygen atoms in total. The highest BCUT2D eigenvalue weighted by Gasteiger charge is 1.84. The van der Waals surface area contributed by atoms with E-state index < -0.39 is 0 Å². The third-order valence-corrected chi connectivity index (χ3v) is 1.43. The molecule has 13 heavy (non-hydrogen) atoms. The quantitative estimate of drug-likeness (QED) is 0.729. The summed E-state index contributed by atoms with van der Waals surface area (Å²) in [5.74, 6) is -0.000556. The summed E-state index contributed by atoms with van der Waals surface area (Å²) in [7, 11) is 0. The number of nitrogens with two attached hydrogens (primary N) is 1. The molecule has 4 heteroatoms. The minimum Gasteiger partial charge on any atom is -0.508 e. The van der Waals surface area contributed by atoms with Gasteiger partial charge in [0.2, 0.25) is 5.91 Å². The zero-order chi connectivity index (χ0) is 10.3. The number of halogens is 1. The molecule has 0 spiro atoms. The van der Waals surface area contributed by atoms with Gasteiger partial charge in [0.15, 0.2) is 0 Å². The van der Waals surface area contributed by atoms with E-state index >= 15 is 0 Å². The highest BCUT2D eigenvalue weighted by Crippen LogP contribution is 2.12. The van der Waals surface area contributed by atoms with E-state index in [1.807, 2.05) is 0 Å². The van der Waals surface area contributed by atoms with Crippen LogP contribution >= 0.6 is 11.6 Å². The van der Waals surface area contributed by atoms with Crippen molar-refractivity contribution in [3.05, 3.63) is 29.3 Å².